The van der Waals surface area contributed by atoms with E-state index in [2.05, 4.69) is 15.3 Å². The second-order valence-electron chi connectivity index (χ2n) is 9.15. The third-order valence-corrected chi connectivity index (χ3v) is 6.49. The fraction of sp³-hybridized carbons (Fsp3) is 0.269. The topological polar surface area (TPSA) is 128 Å². The van der Waals surface area contributed by atoms with Gasteiger partial charge in [-0.25, -0.2) is 15.0 Å². The van der Waals surface area contributed by atoms with Gasteiger partial charge < -0.3 is 20.7 Å². The van der Waals surface area contributed by atoms with Crippen molar-refractivity contribution >= 4 is 29.0 Å². The van der Waals surface area contributed by atoms with Gasteiger partial charge in [-0.1, -0.05) is 12.1 Å². The number of nitrogen functional groups attached to an aromatic ring is 1. The number of carbonyl (C=O) groups is 2. The van der Waals surface area contributed by atoms with Gasteiger partial charge in [-0.05, 0) is 31.2 Å². The number of fused-ring (bicyclic) bond motifs is 1. The first-order valence-electron chi connectivity index (χ1n) is 12.0. The van der Waals surface area contributed by atoms with Gasteiger partial charge in [0.15, 0.2) is 0 Å². The quantitative estimate of drug-likeness (QED) is 0.402. The number of hydrogen-bond donors (Lipinski definition) is 2. The number of amides is 2. The molecule has 0 aliphatic carbocycles. The Morgan fingerprint density at radius 1 is 1.13 bits per heavy atom. The van der Waals surface area contributed by atoms with Crippen molar-refractivity contribution in [1.29, 1.82) is 0 Å². The molecule has 0 radical (unpaired) electrons. The molecule has 0 saturated carbocycles. The molecule has 3 N–H and O–H groups in total. The molecule has 39 heavy (non-hydrogen) atoms. The number of aromatic nitrogens is 4. The predicted octanol–water partition coefficient (Wildman–Crippen LogP) is 3.95. The third-order valence-electron chi connectivity index (χ3n) is 6.49. The normalized spacial score (nSPS) is 17.8. The van der Waals surface area contributed by atoms with E-state index in [9.17, 15) is 22.8 Å². The van der Waals surface area contributed by atoms with Crippen LogP contribution in [0.2, 0.25) is 0 Å². The second-order valence-corrected chi connectivity index (χ2v) is 9.15. The minimum Gasteiger partial charge on any atom is -0.382 e. The number of ether oxygens (including phenoxy) is 1. The van der Waals surface area contributed by atoms with Gasteiger partial charge in [0, 0.05) is 36.6 Å². The smallest absolute Gasteiger partial charge is 0.382 e. The Hall–Kier alpha value is -4.52. The van der Waals surface area contributed by atoms with E-state index in [4.69, 9.17) is 15.5 Å². The number of hydrogen-bond acceptors (Lipinski definition) is 7. The van der Waals surface area contributed by atoms with Crippen LogP contribution in [0.3, 0.4) is 0 Å². The van der Waals surface area contributed by atoms with E-state index in [1.54, 1.807) is 33.8 Å². The molecule has 10 nitrogen and oxygen atoms in total. The standard InChI is InChI=1S/C26H24F3N7O3/c1-14-13-39-19(12-36(14)15(2)37)24-34-21(22-23(30)32-9-10-35(22)24)16-3-5-17(6-4-16)25(38)33-20-11-18(7-8-31-20)26(27,28)29/h3-11,14,19H,12-13H2,1-2H3,(H2,30,32)(H,31,33,38)/t14-,19+/m0/s1. The maximum atomic E-state index is 13.0. The highest BCUT2D eigenvalue weighted by molar-refractivity contribution is 6.04. The Bertz CT molecular complexity index is 1550. The average Bonchev–Trinajstić information content (AvgIpc) is 3.29. The Morgan fingerprint density at radius 3 is 2.56 bits per heavy atom. The average molecular weight is 540 g/mol. The van der Waals surface area contributed by atoms with Crippen LogP contribution >= 0.6 is 0 Å². The third kappa shape index (κ3) is 5.12. The number of morpholine rings is 1. The van der Waals surface area contributed by atoms with Crippen molar-refractivity contribution in [3.05, 3.63) is 71.9 Å². The van der Waals surface area contributed by atoms with Gasteiger partial charge >= 0.3 is 6.18 Å². The number of alkyl halides is 3. The van der Waals surface area contributed by atoms with Crippen LogP contribution in [0.4, 0.5) is 24.8 Å². The lowest BCUT2D eigenvalue weighted by Gasteiger charge is -2.36. The Labute approximate surface area is 220 Å². The van der Waals surface area contributed by atoms with E-state index in [0.29, 0.717) is 35.8 Å². The van der Waals surface area contributed by atoms with E-state index in [1.807, 2.05) is 6.92 Å². The highest BCUT2D eigenvalue weighted by atomic mass is 19.4. The summed E-state index contributed by atoms with van der Waals surface area (Å²) < 4.78 is 46.7. The van der Waals surface area contributed by atoms with Gasteiger partial charge in [0.1, 0.15) is 34.8 Å². The lowest BCUT2D eigenvalue weighted by molar-refractivity contribution is -0.142. The molecule has 5 rings (SSSR count). The molecule has 0 spiro atoms. The Morgan fingerprint density at radius 2 is 1.87 bits per heavy atom. The van der Waals surface area contributed by atoms with Crippen LogP contribution in [0, 0.1) is 0 Å². The fourth-order valence-corrected chi connectivity index (χ4v) is 4.51. The molecule has 13 heteroatoms. The highest BCUT2D eigenvalue weighted by Crippen LogP contribution is 2.33. The number of nitrogens with one attached hydrogen (secondary N) is 1. The number of benzene rings is 1. The molecule has 4 heterocycles. The van der Waals surface area contributed by atoms with Crippen molar-refractivity contribution in [3.63, 3.8) is 0 Å². The summed E-state index contributed by atoms with van der Waals surface area (Å²) in [6, 6.07) is 7.86. The largest absolute Gasteiger partial charge is 0.416 e. The lowest BCUT2D eigenvalue weighted by Crippen LogP contribution is -2.47. The maximum absolute atomic E-state index is 13.0. The molecule has 1 fully saturated rings. The zero-order valence-corrected chi connectivity index (χ0v) is 20.9. The van der Waals surface area contributed by atoms with Crippen LogP contribution in [-0.2, 0) is 15.7 Å². The van der Waals surface area contributed by atoms with E-state index >= 15 is 0 Å². The number of nitrogens with zero attached hydrogens (tertiary/aromatic N) is 5. The zero-order valence-electron chi connectivity index (χ0n) is 20.9. The highest BCUT2D eigenvalue weighted by Gasteiger charge is 2.33. The molecule has 1 aliphatic rings. The van der Waals surface area contributed by atoms with E-state index in [1.165, 1.54) is 19.1 Å². The summed E-state index contributed by atoms with van der Waals surface area (Å²) in [5.74, 6) is -0.129. The summed E-state index contributed by atoms with van der Waals surface area (Å²) in [5, 5.41) is 2.38. The van der Waals surface area contributed by atoms with Gasteiger partial charge in [-0.2, -0.15) is 13.2 Å². The van der Waals surface area contributed by atoms with Crippen LogP contribution in [0.1, 0.15) is 41.7 Å². The molecular formula is C26H24F3N7O3. The number of rotatable bonds is 4. The fourth-order valence-electron chi connectivity index (χ4n) is 4.51. The summed E-state index contributed by atoms with van der Waals surface area (Å²) in [4.78, 5) is 39.3. The van der Waals surface area contributed by atoms with Crippen LogP contribution in [0.15, 0.2) is 55.0 Å². The Kier molecular flexibility index (Phi) is 6.68. The summed E-state index contributed by atoms with van der Waals surface area (Å²) in [6.45, 7) is 4.09. The van der Waals surface area contributed by atoms with Crippen molar-refractivity contribution in [2.75, 3.05) is 24.2 Å². The SMILES string of the molecule is CC(=O)N1C[C@H](c2nc(-c3ccc(C(=O)Nc4cc(C(F)(F)F)ccn4)cc3)c3c(N)nccn23)OC[C@@H]1C. The molecular weight excluding hydrogens is 515 g/mol. The van der Waals surface area contributed by atoms with Crippen molar-refractivity contribution in [2.24, 2.45) is 0 Å². The number of pyridine rings is 1. The predicted molar refractivity (Wildman–Crippen MR) is 136 cm³/mol. The van der Waals surface area contributed by atoms with E-state index < -0.39 is 23.8 Å². The summed E-state index contributed by atoms with van der Waals surface area (Å²) in [5.41, 5.74) is 7.16. The van der Waals surface area contributed by atoms with Crippen molar-refractivity contribution < 1.29 is 27.5 Å². The minimum absolute atomic E-state index is 0.0627. The van der Waals surface area contributed by atoms with Gasteiger partial charge in [0.2, 0.25) is 5.91 Å². The molecule has 0 unspecified atom stereocenters. The molecule has 2 amide bonds. The molecule has 4 aromatic rings. The van der Waals surface area contributed by atoms with Crippen molar-refractivity contribution in [3.8, 4) is 11.3 Å². The van der Waals surface area contributed by atoms with Gasteiger partial charge in [0.25, 0.3) is 5.91 Å². The van der Waals surface area contributed by atoms with Gasteiger partial charge in [-0.15, -0.1) is 0 Å². The first-order chi connectivity index (χ1) is 18.5. The molecule has 1 saturated heterocycles. The van der Waals surface area contributed by atoms with Crippen molar-refractivity contribution in [2.45, 2.75) is 32.2 Å². The number of imidazole rings is 1. The molecule has 1 aliphatic heterocycles. The van der Waals surface area contributed by atoms with Crippen LogP contribution in [-0.4, -0.2) is 55.3 Å². The zero-order chi connectivity index (χ0) is 27.9. The van der Waals surface area contributed by atoms with Gasteiger partial charge in [0.05, 0.1) is 24.8 Å². The number of nitrogens with two attached hydrogens (primary N) is 1. The minimum atomic E-state index is -4.56. The summed E-state index contributed by atoms with van der Waals surface area (Å²) >= 11 is 0. The molecule has 3 aromatic heterocycles. The summed E-state index contributed by atoms with van der Waals surface area (Å²) in [6.07, 6.45) is -0.828. The van der Waals surface area contributed by atoms with E-state index in [-0.39, 0.29) is 29.1 Å². The first-order valence-corrected chi connectivity index (χ1v) is 12.0. The molecule has 2 atom stereocenters. The van der Waals surface area contributed by atoms with E-state index in [0.717, 1.165) is 18.3 Å². The monoisotopic (exact) mass is 539 g/mol. The van der Waals surface area contributed by atoms with Gasteiger partial charge in [-0.3, -0.25) is 14.0 Å². The summed E-state index contributed by atoms with van der Waals surface area (Å²) in [7, 11) is 0. The van der Waals surface area contributed by atoms with Crippen molar-refractivity contribution in [1.82, 2.24) is 24.3 Å². The van der Waals surface area contributed by atoms with Crippen LogP contribution in [0.5, 0.6) is 0 Å². The molecule has 0 bridgehead atoms. The Balaban J connectivity index is 1.44. The number of anilines is 2. The van der Waals surface area contributed by atoms with Crippen LogP contribution < -0.4 is 11.1 Å². The maximum Gasteiger partial charge on any atom is 0.416 e. The number of carbonyl (C=O) groups excluding carboxylic acids is 2. The lowest BCUT2D eigenvalue weighted by atomic mass is 10.1. The second kappa shape index (κ2) is 9.98. The molecule has 1 aromatic carbocycles. The number of halogens is 3. The first kappa shape index (κ1) is 26.1. The van der Waals surface area contributed by atoms with Crippen LogP contribution in [0.25, 0.3) is 16.8 Å². The molecule has 202 valence electrons.